The fourth-order valence-electron chi connectivity index (χ4n) is 4.78. The first-order chi connectivity index (χ1) is 9.75. The standard InChI is InChI=1S/C20H28O/c1-13(2)15-12-16-14(11-17(15)21)7-8-18-19(3,4)9-6-10-20(16,18)5/h7-8,11-13,18,21H,6,9-10H2,1-5H3. The van der Waals surface area contributed by atoms with E-state index < -0.39 is 0 Å². The number of allylic oxidation sites excluding steroid dienone is 1. The highest BCUT2D eigenvalue weighted by Gasteiger charge is 2.48. The fourth-order valence-corrected chi connectivity index (χ4v) is 4.78. The third-order valence-electron chi connectivity index (χ3n) is 5.95. The summed E-state index contributed by atoms with van der Waals surface area (Å²) in [6, 6.07) is 4.26. The topological polar surface area (TPSA) is 20.2 Å². The average molecular weight is 284 g/mol. The normalized spacial score (nSPS) is 30.1. The van der Waals surface area contributed by atoms with Crippen LogP contribution in [0, 0.1) is 11.3 Å². The van der Waals surface area contributed by atoms with Gasteiger partial charge in [0.25, 0.3) is 0 Å². The Morgan fingerprint density at radius 3 is 2.52 bits per heavy atom. The molecular formula is C20H28O. The lowest BCUT2D eigenvalue weighted by Gasteiger charge is -2.52. The van der Waals surface area contributed by atoms with Gasteiger partial charge in [0.15, 0.2) is 0 Å². The third-order valence-corrected chi connectivity index (χ3v) is 5.95. The first kappa shape index (κ1) is 14.7. The van der Waals surface area contributed by atoms with Gasteiger partial charge in [0.2, 0.25) is 0 Å². The molecule has 3 rings (SSSR count). The first-order valence-corrected chi connectivity index (χ1v) is 8.31. The Hall–Kier alpha value is -1.24. The van der Waals surface area contributed by atoms with Crippen LogP contribution in [0.3, 0.4) is 0 Å². The molecule has 0 radical (unpaired) electrons. The van der Waals surface area contributed by atoms with Crippen molar-refractivity contribution in [2.75, 3.05) is 0 Å². The van der Waals surface area contributed by atoms with Gasteiger partial charge in [0.05, 0.1) is 0 Å². The largest absolute Gasteiger partial charge is 0.508 e. The molecule has 2 aliphatic rings. The Kier molecular flexibility index (Phi) is 3.24. The van der Waals surface area contributed by atoms with Gasteiger partial charge in [0, 0.05) is 0 Å². The number of hydrogen-bond donors (Lipinski definition) is 1. The van der Waals surface area contributed by atoms with Gasteiger partial charge in [-0.05, 0) is 58.3 Å². The summed E-state index contributed by atoms with van der Waals surface area (Å²) >= 11 is 0. The van der Waals surface area contributed by atoms with Crippen LogP contribution >= 0.6 is 0 Å². The lowest BCUT2D eigenvalue weighted by Crippen LogP contribution is -2.45. The summed E-state index contributed by atoms with van der Waals surface area (Å²) in [6.07, 6.45) is 8.49. The van der Waals surface area contributed by atoms with Crippen LogP contribution in [0.25, 0.3) is 6.08 Å². The maximum absolute atomic E-state index is 10.3. The molecule has 2 atom stereocenters. The summed E-state index contributed by atoms with van der Waals surface area (Å²) in [5, 5.41) is 10.3. The molecule has 2 unspecified atom stereocenters. The van der Waals surface area contributed by atoms with Crippen LogP contribution in [-0.2, 0) is 5.41 Å². The Balaban J connectivity index is 2.18. The number of aromatic hydroxyl groups is 1. The van der Waals surface area contributed by atoms with E-state index in [0.29, 0.717) is 23.0 Å². The molecule has 0 bridgehead atoms. The van der Waals surface area contributed by atoms with E-state index in [0.717, 1.165) is 5.56 Å². The minimum absolute atomic E-state index is 0.211. The van der Waals surface area contributed by atoms with Crippen LogP contribution in [0.4, 0.5) is 0 Å². The van der Waals surface area contributed by atoms with Crippen molar-refractivity contribution in [2.45, 2.75) is 65.2 Å². The minimum atomic E-state index is 0.211. The van der Waals surface area contributed by atoms with Crippen LogP contribution in [-0.4, -0.2) is 5.11 Å². The Morgan fingerprint density at radius 2 is 1.86 bits per heavy atom. The highest BCUT2D eigenvalue weighted by atomic mass is 16.3. The summed E-state index contributed by atoms with van der Waals surface area (Å²) < 4.78 is 0. The van der Waals surface area contributed by atoms with E-state index in [-0.39, 0.29) is 5.41 Å². The van der Waals surface area contributed by atoms with Crippen LogP contribution in [0.5, 0.6) is 5.75 Å². The number of phenols is 1. The van der Waals surface area contributed by atoms with E-state index in [4.69, 9.17) is 0 Å². The maximum Gasteiger partial charge on any atom is 0.119 e. The number of benzene rings is 1. The van der Waals surface area contributed by atoms with Crippen molar-refractivity contribution in [3.05, 3.63) is 34.9 Å². The second-order valence-corrected chi connectivity index (χ2v) is 8.25. The van der Waals surface area contributed by atoms with Gasteiger partial charge in [-0.25, -0.2) is 0 Å². The fraction of sp³-hybridized carbons (Fsp3) is 0.600. The molecule has 0 amide bonds. The molecule has 1 fully saturated rings. The summed E-state index contributed by atoms with van der Waals surface area (Å²) in [5.74, 6) is 1.40. The number of phenolic OH excluding ortho intramolecular Hbond substituents is 1. The first-order valence-electron chi connectivity index (χ1n) is 8.31. The van der Waals surface area contributed by atoms with Gasteiger partial charge in [-0.3, -0.25) is 0 Å². The lowest BCUT2D eigenvalue weighted by atomic mass is 9.52. The van der Waals surface area contributed by atoms with Crippen LogP contribution < -0.4 is 0 Å². The molecule has 0 aromatic heterocycles. The van der Waals surface area contributed by atoms with Crippen LogP contribution in [0.1, 0.15) is 76.5 Å². The van der Waals surface area contributed by atoms with Crippen molar-refractivity contribution in [3.8, 4) is 5.75 Å². The Labute approximate surface area is 129 Å². The molecule has 1 nitrogen and oxygen atoms in total. The Bertz CT molecular complexity index is 594. The molecule has 1 saturated carbocycles. The zero-order valence-electron chi connectivity index (χ0n) is 14.0. The zero-order valence-corrected chi connectivity index (χ0v) is 14.0. The van der Waals surface area contributed by atoms with Crippen molar-refractivity contribution in [1.29, 1.82) is 0 Å². The molecule has 0 aliphatic heterocycles. The van der Waals surface area contributed by atoms with Gasteiger partial charge in [-0.15, -0.1) is 0 Å². The van der Waals surface area contributed by atoms with Gasteiger partial charge in [0.1, 0.15) is 5.75 Å². The molecule has 2 aliphatic carbocycles. The van der Waals surface area contributed by atoms with E-state index in [1.54, 1.807) is 0 Å². The van der Waals surface area contributed by atoms with E-state index in [9.17, 15) is 5.11 Å². The molecule has 1 N–H and O–H groups in total. The summed E-state index contributed by atoms with van der Waals surface area (Å²) in [7, 11) is 0. The quantitative estimate of drug-likeness (QED) is 0.709. The molecular weight excluding hydrogens is 256 g/mol. The number of fused-ring (bicyclic) bond motifs is 3. The monoisotopic (exact) mass is 284 g/mol. The van der Waals surface area contributed by atoms with E-state index >= 15 is 0 Å². The number of hydrogen-bond acceptors (Lipinski definition) is 1. The predicted octanol–water partition coefficient (Wildman–Crippen LogP) is 5.63. The van der Waals surface area contributed by atoms with Crippen molar-refractivity contribution >= 4 is 6.08 Å². The summed E-state index contributed by atoms with van der Waals surface area (Å²) in [5.41, 5.74) is 4.32. The molecule has 114 valence electrons. The minimum Gasteiger partial charge on any atom is -0.508 e. The zero-order chi connectivity index (χ0) is 15.4. The van der Waals surface area contributed by atoms with Crippen molar-refractivity contribution < 1.29 is 5.11 Å². The SMILES string of the molecule is CC(C)c1cc2c(cc1O)C=CC1C(C)(C)CCCC21C. The van der Waals surface area contributed by atoms with Crippen molar-refractivity contribution in [1.82, 2.24) is 0 Å². The Morgan fingerprint density at radius 1 is 1.14 bits per heavy atom. The highest BCUT2D eigenvalue weighted by Crippen LogP contribution is 2.56. The highest BCUT2D eigenvalue weighted by molar-refractivity contribution is 5.64. The molecule has 0 saturated heterocycles. The summed E-state index contributed by atoms with van der Waals surface area (Å²) in [6.45, 7) is 11.6. The van der Waals surface area contributed by atoms with E-state index in [1.165, 1.54) is 30.4 Å². The molecule has 1 aromatic carbocycles. The second-order valence-electron chi connectivity index (χ2n) is 8.25. The van der Waals surface area contributed by atoms with Crippen LogP contribution in [0.2, 0.25) is 0 Å². The summed E-state index contributed by atoms with van der Waals surface area (Å²) in [4.78, 5) is 0. The molecule has 21 heavy (non-hydrogen) atoms. The van der Waals surface area contributed by atoms with Gasteiger partial charge in [-0.2, -0.15) is 0 Å². The molecule has 1 heteroatoms. The maximum atomic E-state index is 10.3. The predicted molar refractivity (Wildman–Crippen MR) is 89.7 cm³/mol. The lowest BCUT2D eigenvalue weighted by molar-refractivity contribution is 0.0908. The van der Waals surface area contributed by atoms with Gasteiger partial charge in [-0.1, -0.05) is 59.3 Å². The van der Waals surface area contributed by atoms with Gasteiger partial charge >= 0.3 is 0 Å². The molecule has 1 aromatic rings. The van der Waals surface area contributed by atoms with Crippen LogP contribution in [0.15, 0.2) is 18.2 Å². The van der Waals surface area contributed by atoms with Gasteiger partial charge < -0.3 is 5.11 Å². The molecule has 0 heterocycles. The van der Waals surface area contributed by atoms with Crippen molar-refractivity contribution in [2.24, 2.45) is 11.3 Å². The molecule has 0 spiro atoms. The second kappa shape index (κ2) is 4.63. The number of rotatable bonds is 1. The average Bonchev–Trinajstić information content (AvgIpc) is 2.36. The van der Waals surface area contributed by atoms with E-state index in [1.807, 2.05) is 6.07 Å². The van der Waals surface area contributed by atoms with Crippen molar-refractivity contribution in [3.63, 3.8) is 0 Å². The van der Waals surface area contributed by atoms with E-state index in [2.05, 4.69) is 52.8 Å². The third kappa shape index (κ3) is 2.13. The smallest absolute Gasteiger partial charge is 0.119 e.